The molecule has 256 valence electrons. The molecular formula is C36H29N7O8. The van der Waals surface area contributed by atoms with E-state index in [0.717, 1.165) is 0 Å². The Morgan fingerprint density at radius 1 is 0.490 bits per heavy atom. The Morgan fingerprint density at radius 2 is 0.784 bits per heavy atom. The minimum atomic E-state index is -1.75. The van der Waals surface area contributed by atoms with Crippen molar-refractivity contribution in [2.45, 2.75) is 0 Å². The highest BCUT2D eigenvalue weighted by molar-refractivity contribution is 6.18. The Balaban J connectivity index is 0.000000198. The molecule has 5 aromatic carbocycles. The Hall–Kier alpha value is -7.42. The van der Waals surface area contributed by atoms with Crippen molar-refractivity contribution in [2.75, 3.05) is 5.73 Å². The maximum atomic E-state index is 11.2. The Bertz CT molecular complexity index is 2470. The molecule has 3 heterocycles. The van der Waals surface area contributed by atoms with Gasteiger partial charge in [-0.2, -0.15) is 9.13 Å². The highest BCUT2D eigenvalue weighted by atomic mass is 16.9. The number of aromatic nitrogens is 4. The maximum absolute atomic E-state index is 11.2. The van der Waals surface area contributed by atoms with E-state index in [-0.39, 0.29) is 16.5 Å². The summed E-state index contributed by atoms with van der Waals surface area (Å²) < 4.78 is 4.61. The zero-order valence-corrected chi connectivity index (χ0v) is 27.1. The number of hydrogen-bond acceptors (Lipinski definition) is 9. The van der Waals surface area contributed by atoms with Gasteiger partial charge in [0.1, 0.15) is 14.1 Å². The summed E-state index contributed by atoms with van der Waals surface area (Å²) in [4.78, 5) is 38.9. The lowest BCUT2D eigenvalue weighted by Crippen LogP contribution is -2.31. The number of fused-ring (bicyclic) bond motifs is 5. The SMILES string of the molecule is C[n+]1c2ccccc2c(-c2c3ccccc3[n+](C)c3ccccc23)c2ccccc21.Nc1cccc2c(=O)[nH][nH]c(=O)c12.O=[N+]([O-])[O-].O=[N+]([O-])[O-]. The second-order valence-corrected chi connectivity index (χ2v) is 11.1. The zero-order chi connectivity index (χ0) is 36.8. The third-order valence-electron chi connectivity index (χ3n) is 8.25. The number of rotatable bonds is 1. The molecule has 0 aliphatic carbocycles. The van der Waals surface area contributed by atoms with Crippen LogP contribution in [0.2, 0.25) is 0 Å². The van der Waals surface area contributed by atoms with Crippen molar-refractivity contribution in [3.8, 4) is 11.1 Å². The van der Waals surface area contributed by atoms with Crippen molar-refractivity contribution >= 4 is 60.1 Å². The van der Waals surface area contributed by atoms with Gasteiger partial charge in [0.05, 0.1) is 42.5 Å². The second-order valence-electron chi connectivity index (χ2n) is 11.1. The predicted molar refractivity (Wildman–Crippen MR) is 195 cm³/mol. The van der Waals surface area contributed by atoms with Crippen LogP contribution in [0.1, 0.15) is 0 Å². The van der Waals surface area contributed by atoms with Crippen LogP contribution in [0.3, 0.4) is 0 Å². The number of para-hydroxylation sites is 4. The average molecular weight is 688 g/mol. The molecule has 4 N–H and O–H groups in total. The molecule has 0 saturated heterocycles. The van der Waals surface area contributed by atoms with Gasteiger partial charge in [0.15, 0.2) is 0 Å². The quantitative estimate of drug-likeness (QED) is 0.0696. The zero-order valence-electron chi connectivity index (χ0n) is 27.1. The fourth-order valence-electron chi connectivity index (χ4n) is 6.25. The second kappa shape index (κ2) is 14.8. The molecule has 0 amide bonds. The molecule has 8 rings (SSSR count). The minimum Gasteiger partial charge on any atom is -0.398 e. The van der Waals surface area contributed by atoms with E-state index in [4.69, 9.17) is 36.4 Å². The minimum absolute atomic E-state index is 0.242. The number of nitrogens with zero attached hydrogens (tertiary/aromatic N) is 4. The highest BCUT2D eigenvalue weighted by Crippen LogP contribution is 2.40. The van der Waals surface area contributed by atoms with Crippen LogP contribution in [0.15, 0.2) is 125 Å². The van der Waals surface area contributed by atoms with Crippen molar-refractivity contribution in [3.05, 3.63) is 167 Å². The first-order chi connectivity index (χ1) is 24.4. The third kappa shape index (κ3) is 7.07. The number of hydrogen-bond donors (Lipinski definition) is 3. The average Bonchev–Trinajstić information content (AvgIpc) is 3.11. The molecule has 0 fully saturated rings. The summed E-state index contributed by atoms with van der Waals surface area (Å²) in [6.07, 6.45) is 0. The molecule has 51 heavy (non-hydrogen) atoms. The highest BCUT2D eigenvalue weighted by Gasteiger charge is 2.25. The molecule has 0 radical (unpaired) electrons. The largest absolute Gasteiger partial charge is 0.398 e. The van der Waals surface area contributed by atoms with Gasteiger partial charge in [0.25, 0.3) is 11.1 Å². The summed E-state index contributed by atoms with van der Waals surface area (Å²) in [5.41, 5.74) is 12.7. The molecular weight excluding hydrogens is 658 g/mol. The van der Waals surface area contributed by atoms with E-state index in [1.807, 2.05) is 0 Å². The smallest absolute Gasteiger partial charge is 0.272 e. The summed E-state index contributed by atoms with van der Waals surface area (Å²) >= 11 is 0. The first-order valence-electron chi connectivity index (χ1n) is 15.1. The first-order valence-corrected chi connectivity index (χ1v) is 15.1. The fourth-order valence-corrected chi connectivity index (χ4v) is 6.25. The standard InChI is InChI=1S/C28H22N2.C8H7N3O2.2NO3/c1-29-23-15-7-3-11-19(23)27(20-12-4-8-16-24(20)29)28-21-13-5-9-17-25(21)30(2)26-18-10-6-14-22(26)28;9-5-3-1-2-4-6(5)8(13)11-10-7(4)12;2*2-1(3)4/h3-18H,1-2H3;1-3H,9H2,(H,10,12)(H,11,13);;/q+2;;2*-1. The number of anilines is 1. The van der Waals surface area contributed by atoms with E-state index in [9.17, 15) is 9.59 Å². The maximum Gasteiger partial charge on any atom is 0.272 e. The van der Waals surface area contributed by atoms with Gasteiger partial charge in [-0.15, -0.1) is 0 Å². The molecule has 15 heteroatoms. The first kappa shape index (κ1) is 34.9. The van der Waals surface area contributed by atoms with E-state index in [2.05, 4.69) is 130 Å². The molecule has 0 saturated carbocycles. The summed E-state index contributed by atoms with van der Waals surface area (Å²) in [5, 5.41) is 39.6. The topological polar surface area (TPSA) is 232 Å². The van der Waals surface area contributed by atoms with Crippen molar-refractivity contribution in [1.29, 1.82) is 0 Å². The van der Waals surface area contributed by atoms with Crippen LogP contribution in [-0.2, 0) is 14.1 Å². The summed E-state index contributed by atoms with van der Waals surface area (Å²) in [6, 6.07) is 39.8. The van der Waals surface area contributed by atoms with Crippen molar-refractivity contribution in [3.63, 3.8) is 0 Å². The predicted octanol–water partition coefficient (Wildman–Crippen LogP) is 4.94. The van der Waals surface area contributed by atoms with E-state index >= 15 is 0 Å². The van der Waals surface area contributed by atoms with Crippen molar-refractivity contribution in [1.82, 2.24) is 10.2 Å². The van der Waals surface area contributed by atoms with Crippen LogP contribution in [0.5, 0.6) is 0 Å². The fraction of sp³-hybridized carbons (Fsp3) is 0.0556. The van der Waals surface area contributed by atoms with Crippen LogP contribution in [0.4, 0.5) is 5.69 Å². The number of benzene rings is 5. The monoisotopic (exact) mass is 687 g/mol. The van der Waals surface area contributed by atoms with Crippen LogP contribution < -0.4 is 26.0 Å². The molecule has 0 atom stereocenters. The van der Waals surface area contributed by atoms with Crippen molar-refractivity contribution < 1.29 is 19.3 Å². The van der Waals surface area contributed by atoms with Crippen molar-refractivity contribution in [2.24, 2.45) is 14.1 Å². The number of nitrogens with two attached hydrogens (primary N) is 1. The van der Waals surface area contributed by atoms with Crippen LogP contribution in [-0.4, -0.2) is 20.4 Å². The lowest BCUT2D eigenvalue weighted by molar-refractivity contribution is -0.617. The van der Waals surface area contributed by atoms with Crippen LogP contribution in [0, 0.1) is 30.6 Å². The van der Waals surface area contributed by atoms with Gasteiger partial charge in [-0.25, -0.2) is 0 Å². The lowest BCUT2D eigenvalue weighted by Gasteiger charge is -2.14. The van der Waals surface area contributed by atoms with E-state index in [1.165, 1.54) is 54.7 Å². The number of nitrogens with one attached hydrogen (secondary N) is 2. The van der Waals surface area contributed by atoms with Gasteiger partial charge in [-0.1, -0.05) is 54.6 Å². The molecule has 0 spiro atoms. The molecule has 0 unspecified atom stereocenters. The number of H-pyrrole nitrogens is 2. The van der Waals surface area contributed by atoms with E-state index in [1.54, 1.807) is 18.2 Å². The van der Waals surface area contributed by atoms with E-state index < -0.39 is 10.2 Å². The van der Waals surface area contributed by atoms with Gasteiger partial charge >= 0.3 is 0 Å². The Morgan fingerprint density at radius 3 is 1.12 bits per heavy atom. The normalized spacial score (nSPS) is 10.5. The van der Waals surface area contributed by atoms with Gasteiger partial charge in [-0.05, 0) is 36.4 Å². The summed E-state index contributed by atoms with van der Waals surface area (Å²) in [5.74, 6) is 0. The molecule has 0 bridgehead atoms. The summed E-state index contributed by atoms with van der Waals surface area (Å²) in [6.45, 7) is 0. The van der Waals surface area contributed by atoms with Gasteiger partial charge < -0.3 is 36.4 Å². The number of aromatic amines is 2. The number of pyridine rings is 2. The Labute approximate surface area is 286 Å². The number of aryl methyl sites for hydroxylation is 2. The molecule has 15 nitrogen and oxygen atoms in total. The van der Waals surface area contributed by atoms with Gasteiger partial charge in [-0.3, -0.25) is 19.8 Å². The molecule has 0 aliphatic rings. The molecule has 8 aromatic rings. The van der Waals surface area contributed by atoms with Gasteiger partial charge in [0.2, 0.25) is 22.1 Å². The number of nitrogen functional groups attached to an aromatic ring is 1. The van der Waals surface area contributed by atoms with E-state index in [0.29, 0.717) is 11.1 Å². The Kier molecular flexibility index (Phi) is 10.1. The molecule has 3 aromatic heterocycles. The van der Waals surface area contributed by atoms with Crippen LogP contribution in [0.25, 0.3) is 65.5 Å². The third-order valence-corrected chi connectivity index (χ3v) is 8.25. The lowest BCUT2D eigenvalue weighted by atomic mass is 9.90. The van der Waals surface area contributed by atoms with Gasteiger partial charge in [0, 0.05) is 41.1 Å². The summed E-state index contributed by atoms with van der Waals surface area (Å²) in [7, 11) is 4.32. The molecule has 0 aliphatic heterocycles. The van der Waals surface area contributed by atoms with Crippen LogP contribution >= 0.6 is 0 Å².